The van der Waals surface area contributed by atoms with E-state index in [1.165, 1.54) is 11.3 Å². The smallest absolute Gasteiger partial charge is 0.289 e. The molecule has 0 atom stereocenters. The number of nitrogens with one attached hydrogen (secondary N) is 1. The van der Waals surface area contributed by atoms with E-state index in [-0.39, 0.29) is 5.76 Å². The van der Waals surface area contributed by atoms with Crippen LogP contribution in [0.15, 0.2) is 60.9 Å². The lowest BCUT2D eigenvalue weighted by atomic mass is 10.1. The number of aliphatic hydroxyl groups excluding tert-OH is 1. The lowest BCUT2D eigenvalue weighted by Crippen LogP contribution is -2.38. The fraction of sp³-hybridized carbons (Fsp3) is 0.100. The van der Waals surface area contributed by atoms with Gasteiger partial charge in [0.25, 0.3) is 5.70 Å². The minimum Gasteiger partial charge on any atom is -0.501 e. The summed E-state index contributed by atoms with van der Waals surface area (Å²) in [5.41, 5.74) is 3.62. The molecule has 0 amide bonds. The fourth-order valence-corrected chi connectivity index (χ4v) is 3.93. The maximum atomic E-state index is 10.9. The van der Waals surface area contributed by atoms with E-state index in [0.29, 0.717) is 19.9 Å². The van der Waals surface area contributed by atoms with Gasteiger partial charge in [-0.2, -0.15) is 4.57 Å². The first-order chi connectivity index (χ1) is 12.5. The number of para-hydroxylation sites is 1. The van der Waals surface area contributed by atoms with Crippen LogP contribution in [0.3, 0.4) is 0 Å². The molecule has 0 aliphatic carbocycles. The molecular formula is C20H18ClN2OS2+. The Morgan fingerprint density at radius 3 is 2.27 bits per heavy atom. The number of aromatic nitrogens is 1. The van der Waals surface area contributed by atoms with Crippen molar-refractivity contribution in [3.8, 4) is 0 Å². The number of nitrogens with zero attached hydrogens (tertiary/aromatic N) is 1. The zero-order valence-corrected chi connectivity index (χ0v) is 16.8. The van der Waals surface area contributed by atoms with Gasteiger partial charge in [0, 0.05) is 17.8 Å². The Labute approximate surface area is 167 Å². The van der Waals surface area contributed by atoms with Gasteiger partial charge >= 0.3 is 0 Å². The summed E-state index contributed by atoms with van der Waals surface area (Å²) in [5.74, 6) is 0.0850. The number of hydrogen-bond acceptors (Lipinski definition) is 3. The van der Waals surface area contributed by atoms with Gasteiger partial charge in [-0.15, -0.1) is 11.3 Å². The van der Waals surface area contributed by atoms with Crippen LogP contribution in [0.1, 0.15) is 16.0 Å². The summed E-state index contributed by atoms with van der Waals surface area (Å²) < 4.78 is 2.41. The second-order valence-corrected chi connectivity index (χ2v) is 7.93. The maximum absolute atomic E-state index is 10.9. The molecule has 0 aliphatic heterocycles. The van der Waals surface area contributed by atoms with Crippen molar-refractivity contribution in [3.63, 3.8) is 0 Å². The Balaban J connectivity index is 2.08. The first kappa shape index (κ1) is 18.6. The third-order valence-electron chi connectivity index (χ3n) is 3.94. The van der Waals surface area contributed by atoms with Crippen LogP contribution in [0.4, 0.5) is 5.69 Å². The van der Waals surface area contributed by atoms with Crippen molar-refractivity contribution in [1.82, 2.24) is 0 Å². The monoisotopic (exact) mass is 401 g/mol. The number of anilines is 1. The van der Waals surface area contributed by atoms with Crippen molar-refractivity contribution in [2.45, 2.75) is 13.8 Å². The van der Waals surface area contributed by atoms with Gasteiger partial charge in [0.15, 0.2) is 17.4 Å². The van der Waals surface area contributed by atoms with Crippen LogP contribution >= 0.6 is 35.2 Å². The summed E-state index contributed by atoms with van der Waals surface area (Å²) in [6, 6.07) is 15.3. The van der Waals surface area contributed by atoms with E-state index >= 15 is 0 Å². The Morgan fingerprint density at radius 1 is 1.04 bits per heavy atom. The Bertz CT molecular complexity index is 960. The van der Waals surface area contributed by atoms with E-state index in [4.69, 9.17) is 23.8 Å². The zero-order chi connectivity index (χ0) is 18.7. The molecule has 3 nitrogen and oxygen atoms in total. The molecule has 132 valence electrons. The average Bonchev–Trinajstić information content (AvgIpc) is 3.06. The van der Waals surface area contributed by atoms with E-state index in [1.54, 1.807) is 16.7 Å². The number of aryl methyl sites for hydroxylation is 2. The quantitative estimate of drug-likeness (QED) is 0.257. The molecule has 1 aromatic carbocycles. The van der Waals surface area contributed by atoms with Gasteiger partial charge in [0.1, 0.15) is 0 Å². The van der Waals surface area contributed by atoms with Crippen molar-refractivity contribution >= 4 is 57.3 Å². The van der Waals surface area contributed by atoms with Crippen LogP contribution in [0.25, 0.3) is 11.5 Å². The van der Waals surface area contributed by atoms with Crippen LogP contribution in [-0.2, 0) is 0 Å². The highest BCUT2D eigenvalue weighted by atomic mass is 35.5. The Kier molecular flexibility index (Phi) is 5.71. The molecule has 0 unspecified atom stereocenters. The molecule has 0 radical (unpaired) electrons. The highest BCUT2D eigenvalue weighted by Crippen LogP contribution is 2.29. The summed E-state index contributed by atoms with van der Waals surface area (Å²) >= 11 is 13.0. The summed E-state index contributed by atoms with van der Waals surface area (Å²) in [6.45, 7) is 4.05. The molecule has 26 heavy (non-hydrogen) atoms. The number of halogens is 1. The topological polar surface area (TPSA) is 36.1 Å². The first-order valence-electron chi connectivity index (χ1n) is 8.00. The molecule has 0 fully saturated rings. The van der Waals surface area contributed by atoms with Gasteiger partial charge in [-0.05, 0) is 37.1 Å². The maximum Gasteiger partial charge on any atom is 0.289 e. The predicted molar refractivity (Wildman–Crippen MR) is 114 cm³/mol. The van der Waals surface area contributed by atoms with Crippen molar-refractivity contribution in [2.75, 3.05) is 5.32 Å². The lowest BCUT2D eigenvalue weighted by Gasteiger charge is -2.13. The second-order valence-electron chi connectivity index (χ2n) is 5.80. The summed E-state index contributed by atoms with van der Waals surface area (Å²) in [4.78, 5) is 1.09. The highest BCUT2D eigenvalue weighted by Gasteiger charge is 2.25. The number of benzene rings is 1. The molecule has 0 aliphatic rings. The first-order valence-corrected chi connectivity index (χ1v) is 9.61. The molecule has 0 saturated carbocycles. The van der Waals surface area contributed by atoms with Crippen LogP contribution in [0, 0.1) is 13.8 Å². The summed E-state index contributed by atoms with van der Waals surface area (Å²) in [5, 5.41) is 14.2. The van der Waals surface area contributed by atoms with Gasteiger partial charge < -0.3 is 10.4 Å². The predicted octanol–water partition coefficient (Wildman–Crippen LogP) is 5.63. The molecule has 2 N–H and O–H groups in total. The molecule has 0 saturated heterocycles. The van der Waals surface area contributed by atoms with Crippen molar-refractivity contribution in [1.29, 1.82) is 0 Å². The number of thiocarbonyl (C=S) groups is 1. The normalized spacial score (nSPS) is 11.8. The number of aliphatic hydroxyl groups is 1. The number of rotatable bonds is 4. The van der Waals surface area contributed by atoms with Crippen molar-refractivity contribution in [3.05, 3.63) is 81.3 Å². The number of pyridine rings is 1. The van der Waals surface area contributed by atoms with Gasteiger partial charge in [0.05, 0.1) is 9.21 Å². The van der Waals surface area contributed by atoms with Gasteiger partial charge in [-0.25, -0.2) is 0 Å². The van der Waals surface area contributed by atoms with E-state index in [2.05, 4.69) is 5.32 Å². The Morgan fingerprint density at radius 2 is 1.69 bits per heavy atom. The standard InChI is InChI=1S/C20H17ClN2OS2/c1-13-7-6-8-14(2)17(13)22-20(25)18(23-11-4-3-5-12-23)19(24)15-9-10-16(21)26-15/h3-12H,1-2H3,(H-,22,24,25)/p+1. The van der Waals surface area contributed by atoms with Crippen LogP contribution < -0.4 is 9.88 Å². The molecule has 0 spiro atoms. The van der Waals surface area contributed by atoms with E-state index in [9.17, 15) is 5.11 Å². The minimum absolute atomic E-state index is 0.0850. The average molecular weight is 402 g/mol. The minimum atomic E-state index is 0.0850. The van der Waals surface area contributed by atoms with Crippen LogP contribution in [0.2, 0.25) is 4.34 Å². The van der Waals surface area contributed by atoms with E-state index in [0.717, 1.165) is 16.8 Å². The molecule has 2 aromatic heterocycles. The number of hydrogen-bond donors (Lipinski definition) is 2. The summed E-state index contributed by atoms with van der Waals surface area (Å²) in [7, 11) is 0. The van der Waals surface area contributed by atoms with Crippen molar-refractivity contribution < 1.29 is 9.67 Å². The number of thiophene rings is 1. The van der Waals surface area contributed by atoms with Crippen LogP contribution in [-0.4, -0.2) is 10.1 Å². The molecule has 2 heterocycles. The molecule has 3 aromatic rings. The third kappa shape index (κ3) is 3.96. The SMILES string of the molecule is Cc1cccc(C)c1NC(=S)C(=C(O)c1ccc(Cl)s1)[n+]1ccccc1. The van der Waals surface area contributed by atoms with Gasteiger partial charge in [0.2, 0.25) is 5.76 Å². The molecule has 3 rings (SSSR count). The highest BCUT2D eigenvalue weighted by molar-refractivity contribution is 7.81. The van der Waals surface area contributed by atoms with Gasteiger partial charge in [-0.3, -0.25) is 0 Å². The largest absolute Gasteiger partial charge is 0.501 e. The van der Waals surface area contributed by atoms with Crippen molar-refractivity contribution in [2.24, 2.45) is 0 Å². The lowest BCUT2D eigenvalue weighted by molar-refractivity contribution is -0.575. The molecular weight excluding hydrogens is 384 g/mol. The fourth-order valence-electron chi connectivity index (χ4n) is 2.64. The second kappa shape index (κ2) is 7.99. The van der Waals surface area contributed by atoms with E-state index in [1.807, 2.05) is 62.6 Å². The van der Waals surface area contributed by atoms with Crippen LogP contribution in [0.5, 0.6) is 0 Å². The van der Waals surface area contributed by atoms with Gasteiger partial charge in [-0.1, -0.05) is 48.1 Å². The zero-order valence-electron chi connectivity index (χ0n) is 14.4. The van der Waals surface area contributed by atoms with E-state index < -0.39 is 0 Å². The third-order valence-corrected chi connectivity index (χ3v) is 5.47. The molecule has 0 bridgehead atoms. The Hall–Kier alpha value is -2.21. The summed E-state index contributed by atoms with van der Waals surface area (Å²) in [6.07, 6.45) is 3.69. The molecule has 6 heteroatoms.